The number of aromatic nitrogens is 1. The summed E-state index contributed by atoms with van der Waals surface area (Å²) in [7, 11) is 0. The fourth-order valence-corrected chi connectivity index (χ4v) is 4.44. The van der Waals surface area contributed by atoms with E-state index >= 15 is 0 Å². The van der Waals surface area contributed by atoms with E-state index in [1.54, 1.807) is 0 Å². The minimum atomic E-state index is -0.279. The molecule has 1 heterocycles. The van der Waals surface area contributed by atoms with Crippen molar-refractivity contribution in [2.24, 2.45) is 0 Å². The third-order valence-electron chi connectivity index (χ3n) is 4.41. The number of amides is 1. The molecule has 0 atom stereocenters. The van der Waals surface area contributed by atoms with E-state index in [9.17, 15) is 4.79 Å². The van der Waals surface area contributed by atoms with Crippen LogP contribution in [-0.4, -0.2) is 24.1 Å². The molecule has 2 aromatic carbocycles. The Morgan fingerprint density at radius 1 is 1.20 bits per heavy atom. The predicted octanol–water partition coefficient (Wildman–Crippen LogP) is 6.57. The summed E-state index contributed by atoms with van der Waals surface area (Å²) in [4.78, 5) is 18.0. The van der Waals surface area contributed by atoms with Gasteiger partial charge < -0.3 is 9.47 Å². The standard InChI is InChI=1S/C22H22BrClN2O3S/c1-5-28-16-8-6-15(7-9-16)21-14(4)30-22(26-21)25-18(27)11-29-17-10-12(2)20(24)13(3)19(17)23/h6-10H,5,11H2,1-4H3,(H,25,26,27). The molecule has 0 saturated carbocycles. The van der Waals surface area contributed by atoms with E-state index in [0.717, 1.165) is 37.5 Å². The molecule has 0 saturated heterocycles. The summed E-state index contributed by atoms with van der Waals surface area (Å²) >= 11 is 11.1. The van der Waals surface area contributed by atoms with E-state index in [1.807, 2.05) is 58.0 Å². The smallest absolute Gasteiger partial charge is 0.264 e. The first-order valence-electron chi connectivity index (χ1n) is 9.38. The Balaban J connectivity index is 1.66. The van der Waals surface area contributed by atoms with Crippen molar-refractivity contribution in [3.05, 3.63) is 55.8 Å². The lowest BCUT2D eigenvalue weighted by molar-refractivity contribution is -0.118. The van der Waals surface area contributed by atoms with E-state index in [0.29, 0.717) is 22.5 Å². The van der Waals surface area contributed by atoms with Crippen LogP contribution >= 0.6 is 38.9 Å². The number of hydrogen-bond donors (Lipinski definition) is 1. The van der Waals surface area contributed by atoms with Crippen LogP contribution in [0.25, 0.3) is 11.3 Å². The summed E-state index contributed by atoms with van der Waals surface area (Å²) in [5.41, 5.74) is 3.58. The number of carbonyl (C=O) groups is 1. The Labute approximate surface area is 193 Å². The first-order valence-corrected chi connectivity index (χ1v) is 11.4. The highest BCUT2D eigenvalue weighted by Crippen LogP contribution is 2.36. The van der Waals surface area contributed by atoms with E-state index < -0.39 is 0 Å². The molecule has 0 bridgehead atoms. The van der Waals surface area contributed by atoms with Crippen molar-refractivity contribution in [1.29, 1.82) is 0 Å². The molecule has 30 heavy (non-hydrogen) atoms. The largest absolute Gasteiger partial charge is 0.494 e. The molecule has 0 fully saturated rings. The molecular weight excluding hydrogens is 488 g/mol. The molecule has 0 aliphatic carbocycles. The normalized spacial score (nSPS) is 10.7. The van der Waals surface area contributed by atoms with E-state index in [2.05, 4.69) is 26.2 Å². The summed E-state index contributed by atoms with van der Waals surface area (Å²) in [5, 5.41) is 4.03. The number of anilines is 1. The van der Waals surface area contributed by atoms with Crippen LogP contribution in [0.15, 0.2) is 34.8 Å². The van der Waals surface area contributed by atoms with Crippen molar-refractivity contribution < 1.29 is 14.3 Å². The van der Waals surface area contributed by atoms with Gasteiger partial charge in [-0.2, -0.15) is 0 Å². The molecule has 0 unspecified atom stereocenters. The number of benzene rings is 2. The molecule has 158 valence electrons. The molecule has 8 heteroatoms. The van der Waals surface area contributed by atoms with Crippen molar-refractivity contribution in [3.63, 3.8) is 0 Å². The Morgan fingerprint density at radius 3 is 2.57 bits per heavy atom. The highest BCUT2D eigenvalue weighted by molar-refractivity contribution is 9.10. The monoisotopic (exact) mass is 508 g/mol. The summed E-state index contributed by atoms with van der Waals surface area (Å²) < 4.78 is 11.9. The van der Waals surface area contributed by atoms with Crippen molar-refractivity contribution >= 4 is 49.9 Å². The van der Waals surface area contributed by atoms with Gasteiger partial charge in [0.15, 0.2) is 11.7 Å². The third-order valence-corrected chi connectivity index (χ3v) is 6.86. The summed E-state index contributed by atoms with van der Waals surface area (Å²) in [6.45, 7) is 8.22. The molecular formula is C22H22BrClN2O3S. The Hall–Kier alpha value is -2.09. The zero-order chi connectivity index (χ0) is 21.8. The predicted molar refractivity (Wildman–Crippen MR) is 126 cm³/mol. The fraction of sp³-hybridized carbons (Fsp3) is 0.273. The number of rotatable bonds is 7. The molecule has 1 amide bonds. The number of hydrogen-bond acceptors (Lipinski definition) is 5. The number of carbonyl (C=O) groups excluding carboxylic acids is 1. The summed E-state index contributed by atoms with van der Waals surface area (Å²) in [6, 6.07) is 9.56. The van der Waals surface area contributed by atoms with Gasteiger partial charge in [0.05, 0.1) is 16.8 Å². The van der Waals surface area contributed by atoms with Gasteiger partial charge in [-0.25, -0.2) is 4.98 Å². The number of aryl methyl sites for hydroxylation is 2. The van der Waals surface area contributed by atoms with E-state index in [4.69, 9.17) is 21.1 Å². The minimum Gasteiger partial charge on any atom is -0.494 e. The van der Waals surface area contributed by atoms with Gasteiger partial charge in [0.1, 0.15) is 11.5 Å². The van der Waals surface area contributed by atoms with Crippen molar-refractivity contribution in [2.45, 2.75) is 27.7 Å². The minimum absolute atomic E-state index is 0.129. The number of thiazole rings is 1. The van der Waals surface area contributed by atoms with Crippen LogP contribution in [-0.2, 0) is 4.79 Å². The fourth-order valence-electron chi connectivity index (χ4n) is 2.90. The highest BCUT2D eigenvalue weighted by Gasteiger charge is 2.15. The molecule has 0 spiro atoms. The molecule has 3 aromatic rings. The number of nitrogens with zero attached hydrogens (tertiary/aromatic N) is 1. The lowest BCUT2D eigenvalue weighted by Crippen LogP contribution is -2.20. The molecule has 3 rings (SSSR count). The van der Waals surface area contributed by atoms with Gasteiger partial charge in [-0.1, -0.05) is 11.6 Å². The third kappa shape index (κ3) is 5.14. The number of ether oxygens (including phenoxy) is 2. The average molecular weight is 510 g/mol. The van der Waals surface area contributed by atoms with Crippen LogP contribution in [0.2, 0.25) is 5.02 Å². The number of halogens is 2. The van der Waals surface area contributed by atoms with Crippen LogP contribution in [0.4, 0.5) is 5.13 Å². The second-order valence-corrected chi connectivity index (χ2v) is 9.04. The van der Waals surface area contributed by atoms with Crippen LogP contribution < -0.4 is 14.8 Å². The van der Waals surface area contributed by atoms with Gasteiger partial charge >= 0.3 is 0 Å². The van der Waals surface area contributed by atoms with Gasteiger partial charge in [0.25, 0.3) is 5.91 Å². The Bertz CT molecular complexity index is 1070. The van der Waals surface area contributed by atoms with Gasteiger partial charge in [-0.3, -0.25) is 10.1 Å². The maximum absolute atomic E-state index is 12.4. The molecule has 5 nitrogen and oxygen atoms in total. The quantitative estimate of drug-likeness (QED) is 0.391. The first kappa shape index (κ1) is 22.6. The lowest BCUT2D eigenvalue weighted by Gasteiger charge is -2.12. The molecule has 0 aliphatic heterocycles. The van der Waals surface area contributed by atoms with Crippen LogP contribution in [0.3, 0.4) is 0 Å². The second-order valence-electron chi connectivity index (χ2n) is 6.66. The van der Waals surface area contributed by atoms with Gasteiger partial charge in [-0.05, 0) is 85.1 Å². The molecule has 1 aromatic heterocycles. The highest BCUT2D eigenvalue weighted by atomic mass is 79.9. The average Bonchev–Trinajstić information content (AvgIpc) is 3.08. The maximum Gasteiger partial charge on any atom is 0.264 e. The first-order chi connectivity index (χ1) is 14.3. The van der Waals surface area contributed by atoms with Crippen LogP contribution in [0.5, 0.6) is 11.5 Å². The second kappa shape index (κ2) is 9.81. The van der Waals surface area contributed by atoms with Crippen molar-refractivity contribution in [2.75, 3.05) is 18.5 Å². The van der Waals surface area contributed by atoms with Crippen molar-refractivity contribution in [3.8, 4) is 22.8 Å². The summed E-state index contributed by atoms with van der Waals surface area (Å²) in [6.07, 6.45) is 0. The Kier molecular flexibility index (Phi) is 7.39. The van der Waals surface area contributed by atoms with E-state index in [1.165, 1.54) is 11.3 Å². The molecule has 0 radical (unpaired) electrons. The topological polar surface area (TPSA) is 60.5 Å². The number of nitrogens with one attached hydrogen (secondary N) is 1. The molecule has 0 aliphatic rings. The zero-order valence-electron chi connectivity index (χ0n) is 17.1. The van der Waals surface area contributed by atoms with Crippen molar-refractivity contribution in [1.82, 2.24) is 4.98 Å². The van der Waals surface area contributed by atoms with E-state index in [-0.39, 0.29) is 12.5 Å². The van der Waals surface area contributed by atoms with Gasteiger partial charge in [0, 0.05) is 15.5 Å². The zero-order valence-corrected chi connectivity index (χ0v) is 20.3. The van der Waals surface area contributed by atoms with Crippen LogP contribution in [0, 0.1) is 20.8 Å². The lowest BCUT2D eigenvalue weighted by atomic mass is 10.1. The van der Waals surface area contributed by atoms with Gasteiger partial charge in [0.2, 0.25) is 0 Å². The SMILES string of the molecule is CCOc1ccc(-c2nc(NC(=O)COc3cc(C)c(Cl)c(C)c3Br)sc2C)cc1. The van der Waals surface area contributed by atoms with Crippen LogP contribution in [0.1, 0.15) is 22.9 Å². The van der Waals surface area contributed by atoms with Gasteiger partial charge in [-0.15, -0.1) is 11.3 Å². The molecule has 1 N–H and O–H groups in total. The summed E-state index contributed by atoms with van der Waals surface area (Å²) in [5.74, 6) is 1.12. The maximum atomic E-state index is 12.4. The Morgan fingerprint density at radius 2 is 1.90 bits per heavy atom.